The monoisotopic (exact) mass is 410 g/mol. The van der Waals surface area contributed by atoms with Gasteiger partial charge in [-0.2, -0.15) is 0 Å². The van der Waals surface area contributed by atoms with Crippen LogP contribution in [0.15, 0.2) is 47.6 Å². The zero-order chi connectivity index (χ0) is 20.8. The van der Waals surface area contributed by atoms with Gasteiger partial charge in [-0.15, -0.1) is 10.2 Å². The first kappa shape index (κ1) is 20.9. The lowest BCUT2D eigenvalue weighted by Crippen LogP contribution is -2.17. The summed E-state index contributed by atoms with van der Waals surface area (Å²) in [7, 11) is 3.53. The molecule has 1 heterocycles. The number of carbonyl (C=O) groups is 1. The topological polar surface area (TPSA) is 69.0 Å². The van der Waals surface area contributed by atoms with Gasteiger partial charge in [-0.25, -0.2) is 0 Å². The van der Waals surface area contributed by atoms with E-state index in [1.807, 2.05) is 41.9 Å². The highest BCUT2D eigenvalue weighted by Crippen LogP contribution is 2.30. The zero-order valence-electron chi connectivity index (χ0n) is 17.2. The van der Waals surface area contributed by atoms with Gasteiger partial charge in [0.05, 0.1) is 18.4 Å². The summed E-state index contributed by atoms with van der Waals surface area (Å²) in [5.74, 6) is 1.65. The van der Waals surface area contributed by atoms with Crippen molar-refractivity contribution in [2.24, 2.45) is 7.05 Å². The molecule has 0 aliphatic rings. The first-order valence-corrected chi connectivity index (χ1v) is 10.6. The number of ether oxygens (including phenoxy) is 1. The van der Waals surface area contributed by atoms with Crippen molar-refractivity contribution in [3.8, 4) is 17.1 Å². The van der Waals surface area contributed by atoms with Crippen LogP contribution < -0.4 is 10.1 Å². The molecule has 3 aromatic rings. The molecule has 7 heteroatoms. The molecule has 1 N–H and O–H groups in total. The van der Waals surface area contributed by atoms with Gasteiger partial charge < -0.3 is 14.6 Å². The van der Waals surface area contributed by atoms with Crippen molar-refractivity contribution in [1.29, 1.82) is 0 Å². The third kappa shape index (κ3) is 4.62. The Balaban J connectivity index is 1.72. The Morgan fingerprint density at radius 3 is 2.41 bits per heavy atom. The van der Waals surface area contributed by atoms with Gasteiger partial charge in [0.15, 0.2) is 11.0 Å². The average molecular weight is 411 g/mol. The van der Waals surface area contributed by atoms with Gasteiger partial charge in [-0.3, -0.25) is 4.79 Å². The van der Waals surface area contributed by atoms with Crippen molar-refractivity contribution >= 4 is 23.4 Å². The molecular formula is C22H26N4O2S. The van der Waals surface area contributed by atoms with E-state index in [-0.39, 0.29) is 11.7 Å². The third-order valence-electron chi connectivity index (χ3n) is 4.78. The van der Waals surface area contributed by atoms with Crippen molar-refractivity contribution in [3.63, 3.8) is 0 Å². The summed E-state index contributed by atoms with van der Waals surface area (Å²) in [6.07, 6.45) is 1.75. The standard InChI is InChI=1S/C22H26N4O2S/c1-5-15-10-9-11-16(6-2)20(15)23-19(27)14-29-22-25-24-21(26(22)3)17-12-7-8-13-18(17)28-4/h7-13H,5-6,14H2,1-4H3,(H,23,27). The Kier molecular flexibility index (Phi) is 6.93. The summed E-state index contributed by atoms with van der Waals surface area (Å²) in [6, 6.07) is 13.8. The Morgan fingerprint density at radius 1 is 1.07 bits per heavy atom. The number of nitrogens with zero attached hydrogens (tertiary/aromatic N) is 3. The van der Waals surface area contributed by atoms with Crippen LogP contribution >= 0.6 is 11.8 Å². The summed E-state index contributed by atoms with van der Waals surface area (Å²) < 4.78 is 7.30. The lowest BCUT2D eigenvalue weighted by Gasteiger charge is -2.14. The van der Waals surface area contributed by atoms with Gasteiger partial charge in [-0.1, -0.05) is 55.9 Å². The molecule has 1 amide bonds. The second-order valence-electron chi connectivity index (χ2n) is 6.56. The van der Waals surface area contributed by atoms with Crippen LogP contribution in [0, 0.1) is 0 Å². The molecule has 0 saturated heterocycles. The number of hydrogen-bond donors (Lipinski definition) is 1. The molecule has 152 valence electrons. The van der Waals surface area contributed by atoms with Crippen molar-refractivity contribution in [2.45, 2.75) is 31.8 Å². The number of aryl methyl sites for hydroxylation is 2. The van der Waals surface area contributed by atoms with E-state index < -0.39 is 0 Å². The van der Waals surface area contributed by atoms with E-state index in [0.717, 1.165) is 41.0 Å². The van der Waals surface area contributed by atoms with E-state index in [1.54, 1.807) is 7.11 Å². The van der Waals surface area contributed by atoms with E-state index in [1.165, 1.54) is 11.8 Å². The molecule has 0 radical (unpaired) electrons. The zero-order valence-corrected chi connectivity index (χ0v) is 18.0. The van der Waals surface area contributed by atoms with Gasteiger partial charge >= 0.3 is 0 Å². The highest BCUT2D eigenvalue weighted by atomic mass is 32.2. The average Bonchev–Trinajstić information content (AvgIpc) is 3.12. The van der Waals surface area contributed by atoms with Crippen LogP contribution in [0.25, 0.3) is 11.4 Å². The molecule has 1 aromatic heterocycles. The molecule has 6 nitrogen and oxygen atoms in total. The predicted octanol–water partition coefficient (Wildman–Crippen LogP) is 4.35. The number of hydrogen-bond acceptors (Lipinski definition) is 5. The summed E-state index contributed by atoms with van der Waals surface area (Å²) >= 11 is 1.37. The van der Waals surface area contributed by atoms with Gasteiger partial charge in [0.1, 0.15) is 5.75 Å². The lowest BCUT2D eigenvalue weighted by atomic mass is 10.0. The fourth-order valence-electron chi connectivity index (χ4n) is 3.21. The number of para-hydroxylation sites is 2. The Labute approximate surface area is 175 Å². The second kappa shape index (κ2) is 9.60. The summed E-state index contributed by atoms with van der Waals surface area (Å²) in [4.78, 5) is 12.6. The van der Waals surface area contributed by atoms with Crippen molar-refractivity contribution in [2.75, 3.05) is 18.2 Å². The van der Waals surface area contributed by atoms with Crippen LogP contribution in [-0.4, -0.2) is 33.5 Å². The Bertz CT molecular complexity index is 978. The number of amides is 1. The lowest BCUT2D eigenvalue weighted by molar-refractivity contribution is -0.113. The first-order chi connectivity index (χ1) is 14.1. The highest BCUT2D eigenvalue weighted by Gasteiger charge is 2.16. The maximum absolute atomic E-state index is 12.6. The van der Waals surface area contributed by atoms with Crippen LogP contribution in [0.4, 0.5) is 5.69 Å². The molecule has 0 saturated carbocycles. The van der Waals surface area contributed by atoms with Crippen LogP contribution in [0.2, 0.25) is 0 Å². The van der Waals surface area contributed by atoms with Crippen LogP contribution in [0.1, 0.15) is 25.0 Å². The fraction of sp³-hybridized carbons (Fsp3) is 0.318. The molecular weight excluding hydrogens is 384 g/mol. The molecule has 3 rings (SSSR count). The minimum atomic E-state index is -0.0487. The highest BCUT2D eigenvalue weighted by molar-refractivity contribution is 7.99. The van der Waals surface area contributed by atoms with Gasteiger partial charge in [0, 0.05) is 12.7 Å². The minimum absolute atomic E-state index is 0.0487. The smallest absolute Gasteiger partial charge is 0.234 e. The van der Waals surface area contributed by atoms with Crippen LogP contribution in [-0.2, 0) is 24.7 Å². The van der Waals surface area contributed by atoms with E-state index in [4.69, 9.17) is 4.74 Å². The van der Waals surface area contributed by atoms with Crippen LogP contribution in [0.3, 0.4) is 0 Å². The summed E-state index contributed by atoms with van der Waals surface area (Å²) in [5, 5.41) is 12.3. The van der Waals surface area contributed by atoms with Crippen molar-refractivity contribution in [1.82, 2.24) is 14.8 Å². The quantitative estimate of drug-likeness (QED) is 0.559. The summed E-state index contributed by atoms with van der Waals surface area (Å²) in [6.45, 7) is 4.19. The third-order valence-corrected chi connectivity index (χ3v) is 5.80. The maximum atomic E-state index is 12.6. The fourth-order valence-corrected chi connectivity index (χ4v) is 3.92. The number of rotatable bonds is 8. The van der Waals surface area contributed by atoms with Crippen molar-refractivity contribution in [3.05, 3.63) is 53.6 Å². The molecule has 0 spiro atoms. The Hall–Kier alpha value is -2.80. The molecule has 0 fully saturated rings. The Morgan fingerprint density at radius 2 is 1.76 bits per heavy atom. The normalized spacial score (nSPS) is 10.8. The van der Waals surface area contributed by atoms with Crippen LogP contribution in [0.5, 0.6) is 5.75 Å². The predicted molar refractivity (Wildman–Crippen MR) is 118 cm³/mol. The molecule has 29 heavy (non-hydrogen) atoms. The van der Waals surface area contributed by atoms with E-state index in [0.29, 0.717) is 11.0 Å². The SMILES string of the molecule is CCc1cccc(CC)c1NC(=O)CSc1nnc(-c2ccccc2OC)n1C. The number of benzene rings is 2. The number of anilines is 1. The molecule has 2 aromatic carbocycles. The number of thioether (sulfide) groups is 1. The number of methoxy groups -OCH3 is 1. The molecule has 0 unspecified atom stereocenters. The molecule has 0 aliphatic heterocycles. The molecule has 0 aliphatic carbocycles. The van der Waals surface area contributed by atoms with Gasteiger partial charge in [0.2, 0.25) is 5.91 Å². The van der Waals surface area contributed by atoms with Gasteiger partial charge in [-0.05, 0) is 36.1 Å². The minimum Gasteiger partial charge on any atom is -0.496 e. The van der Waals surface area contributed by atoms with E-state index in [9.17, 15) is 4.79 Å². The van der Waals surface area contributed by atoms with E-state index >= 15 is 0 Å². The van der Waals surface area contributed by atoms with E-state index in [2.05, 4.69) is 41.5 Å². The largest absolute Gasteiger partial charge is 0.496 e. The summed E-state index contributed by atoms with van der Waals surface area (Å²) in [5.41, 5.74) is 4.11. The first-order valence-electron chi connectivity index (χ1n) is 9.65. The second-order valence-corrected chi connectivity index (χ2v) is 7.50. The van der Waals surface area contributed by atoms with Gasteiger partial charge in [0.25, 0.3) is 0 Å². The maximum Gasteiger partial charge on any atom is 0.234 e. The number of aromatic nitrogens is 3. The van der Waals surface area contributed by atoms with Crippen molar-refractivity contribution < 1.29 is 9.53 Å². The number of carbonyl (C=O) groups excluding carboxylic acids is 1. The number of nitrogens with one attached hydrogen (secondary N) is 1. The molecule has 0 atom stereocenters. The molecule has 0 bridgehead atoms.